The third-order valence-corrected chi connectivity index (χ3v) is 7.76. The number of hydrogen-bond acceptors (Lipinski definition) is 7. The molecule has 4 aromatic rings. The Labute approximate surface area is 237 Å². The van der Waals surface area contributed by atoms with Crippen molar-refractivity contribution < 1.29 is 24.1 Å². The van der Waals surface area contributed by atoms with Crippen LogP contribution in [-0.2, 0) is 15.1 Å². The van der Waals surface area contributed by atoms with Gasteiger partial charge in [0.15, 0.2) is 4.77 Å². The summed E-state index contributed by atoms with van der Waals surface area (Å²) in [6, 6.07) is 26.8. The molecule has 1 fully saturated rings. The SMILES string of the molecule is COc1ccc(C(OC[C@H]2O[C@@H](n3ccc(=O)[nH]c3=S)[C@H](C)[C@@H]2O)(c2ccccc2)c2ccc(OC)cc2)cc1. The van der Waals surface area contributed by atoms with Crippen LogP contribution < -0.4 is 15.0 Å². The highest BCUT2D eigenvalue weighted by atomic mass is 32.1. The molecule has 1 aliphatic rings. The number of nitrogens with one attached hydrogen (secondary N) is 1. The van der Waals surface area contributed by atoms with Crippen LogP contribution in [-0.4, -0.2) is 47.7 Å². The van der Waals surface area contributed by atoms with Gasteiger partial charge in [0, 0.05) is 18.2 Å². The number of aliphatic hydroxyl groups is 1. The molecule has 40 heavy (non-hydrogen) atoms. The van der Waals surface area contributed by atoms with Crippen molar-refractivity contribution in [3.63, 3.8) is 0 Å². The van der Waals surface area contributed by atoms with Gasteiger partial charge in [-0.3, -0.25) is 14.3 Å². The van der Waals surface area contributed by atoms with Gasteiger partial charge in [0.2, 0.25) is 0 Å². The Morgan fingerprint density at radius 3 is 1.98 bits per heavy atom. The Balaban J connectivity index is 1.56. The molecule has 1 aliphatic heterocycles. The van der Waals surface area contributed by atoms with Crippen molar-refractivity contribution in [1.29, 1.82) is 0 Å². The van der Waals surface area contributed by atoms with E-state index in [1.54, 1.807) is 25.0 Å². The van der Waals surface area contributed by atoms with Gasteiger partial charge in [-0.2, -0.15) is 0 Å². The van der Waals surface area contributed by atoms with Crippen LogP contribution in [0.5, 0.6) is 11.5 Å². The smallest absolute Gasteiger partial charge is 0.251 e. The summed E-state index contributed by atoms with van der Waals surface area (Å²) in [5.41, 5.74) is 1.33. The summed E-state index contributed by atoms with van der Waals surface area (Å²) in [6.45, 7) is 1.96. The molecule has 2 N–H and O–H groups in total. The second-order valence-corrected chi connectivity index (χ2v) is 10.1. The van der Waals surface area contributed by atoms with Gasteiger partial charge in [0.1, 0.15) is 29.4 Å². The highest BCUT2D eigenvalue weighted by Crippen LogP contribution is 2.43. The average molecular weight is 561 g/mol. The molecule has 208 valence electrons. The van der Waals surface area contributed by atoms with Crippen molar-refractivity contribution in [2.24, 2.45) is 5.92 Å². The fourth-order valence-electron chi connectivity index (χ4n) is 5.26. The minimum atomic E-state index is -1.04. The van der Waals surface area contributed by atoms with E-state index in [9.17, 15) is 9.90 Å². The highest BCUT2D eigenvalue weighted by molar-refractivity contribution is 7.71. The van der Waals surface area contributed by atoms with E-state index in [0.29, 0.717) is 0 Å². The predicted molar refractivity (Wildman–Crippen MR) is 153 cm³/mol. The maximum absolute atomic E-state index is 11.7. The van der Waals surface area contributed by atoms with Crippen molar-refractivity contribution in [1.82, 2.24) is 9.55 Å². The molecule has 0 unspecified atom stereocenters. The van der Waals surface area contributed by atoms with Crippen LogP contribution in [0.15, 0.2) is 95.9 Å². The van der Waals surface area contributed by atoms with Crippen molar-refractivity contribution in [3.05, 3.63) is 123 Å². The van der Waals surface area contributed by atoms with Gasteiger partial charge < -0.3 is 24.1 Å². The van der Waals surface area contributed by atoms with Crippen molar-refractivity contribution in [3.8, 4) is 11.5 Å². The molecule has 0 aliphatic carbocycles. The maximum atomic E-state index is 11.7. The summed E-state index contributed by atoms with van der Waals surface area (Å²) in [6.07, 6.45) is -0.477. The van der Waals surface area contributed by atoms with Crippen molar-refractivity contribution in [2.75, 3.05) is 20.8 Å². The monoisotopic (exact) mass is 560 g/mol. The second kappa shape index (κ2) is 11.8. The Hall–Kier alpha value is -3.76. The number of hydrogen-bond donors (Lipinski definition) is 2. The third-order valence-electron chi connectivity index (χ3n) is 7.45. The van der Waals surface area contributed by atoms with E-state index >= 15 is 0 Å². The average Bonchev–Trinajstić information content (AvgIpc) is 3.27. The summed E-state index contributed by atoms with van der Waals surface area (Å²) in [5.74, 6) is 1.15. The van der Waals surface area contributed by atoms with Crippen LogP contribution in [0.25, 0.3) is 0 Å². The van der Waals surface area contributed by atoms with Crippen LogP contribution in [0.3, 0.4) is 0 Å². The molecule has 3 aromatic carbocycles. The van der Waals surface area contributed by atoms with E-state index in [1.165, 1.54) is 6.07 Å². The number of ether oxygens (including phenoxy) is 4. The number of methoxy groups -OCH3 is 2. The highest BCUT2D eigenvalue weighted by Gasteiger charge is 2.45. The third kappa shape index (κ3) is 5.21. The van der Waals surface area contributed by atoms with Gasteiger partial charge in [-0.05, 0) is 53.2 Å². The molecule has 0 radical (unpaired) electrons. The van der Waals surface area contributed by atoms with E-state index in [2.05, 4.69) is 4.98 Å². The van der Waals surface area contributed by atoms with Gasteiger partial charge in [0.05, 0.1) is 26.9 Å². The lowest BCUT2D eigenvalue weighted by Gasteiger charge is -2.37. The molecule has 4 atom stereocenters. The molecular formula is C31H32N2O6S. The molecule has 0 amide bonds. The number of nitrogens with zero attached hydrogens (tertiary/aromatic N) is 1. The Kier molecular flexibility index (Phi) is 8.18. The Bertz CT molecular complexity index is 1490. The number of aromatic amines is 1. The standard InChI is InChI=1S/C31H32N2O6S/c1-20-28(35)26(39-29(20)33-18-17-27(34)32-30(33)40)19-38-31(21-7-5-4-6-8-21,22-9-13-24(36-2)14-10-22)23-11-15-25(37-3)16-12-23/h4-18,20,26,28-29,35H,19H2,1-3H3,(H,32,34,40)/t20-,26-,28+,29-/m1/s1. The first kappa shape index (κ1) is 27.8. The van der Waals surface area contributed by atoms with E-state index in [0.717, 1.165) is 28.2 Å². The zero-order valence-electron chi connectivity index (χ0n) is 22.5. The predicted octanol–water partition coefficient (Wildman–Crippen LogP) is 4.83. The summed E-state index contributed by atoms with van der Waals surface area (Å²) in [4.78, 5) is 14.3. The van der Waals surface area contributed by atoms with Crippen LogP contribution in [0, 0.1) is 10.7 Å². The van der Waals surface area contributed by atoms with E-state index < -0.39 is 24.0 Å². The fraction of sp³-hybridized carbons (Fsp3) is 0.290. The molecule has 8 nitrogen and oxygen atoms in total. The first-order valence-corrected chi connectivity index (χ1v) is 13.4. The molecule has 1 saturated heterocycles. The van der Waals surface area contributed by atoms with Gasteiger partial charge in [-0.25, -0.2) is 0 Å². The minimum absolute atomic E-state index is 0.0750. The summed E-state index contributed by atoms with van der Waals surface area (Å²) < 4.78 is 26.0. The van der Waals surface area contributed by atoms with Crippen LogP contribution in [0.1, 0.15) is 29.8 Å². The number of H-pyrrole nitrogens is 1. The number of rotatable bonds is 9. The molecule has 2 heterocycles. The molecule has 9 heteroatoms. The normalized spacial score (nSPS) is 20.8. The van der Waals surface area contributed by atoms with Gasteiger partial charge in [0.25, 0.3) is 5.56 Å². The Morgan fingerprint density at radius 2 is 1.45 bits per heavy atom. The van der Waals surface area contributed by atoms with Gasteiger partial charge in [-0.15, -0.1) is 0 Å². The lowest BCUT2D eigenvalue weighted by Crippen LogP contribution is -2.38. The maximum Gasteiger partial charge on any atom is 0.251 e. The molecule has 0 saturated carbocycles. The molecule has 0 spiro atoms. The Morgan fingerprint density at radius 1 is 0.900 bits per heavy atom. The summed E-state index contributed by atoms with van der Waals surface area (Å²) >= 11 is 5.36. The minimum Gasteiger partial charge on any atom is -0.497 e. The summed E-state index contributed by atoms with van der Waals surface area (Å²) in [7, 11) is 3.26. The van der Waals surface area contributed by atoms with Crippen LogP contribution in [0.2, 0.25) is 0 Å². The van der Waals surface area contributed by atoms with Crippen molar-refractivity contribution in [2.45, 2.75) is 31.0 Å². The van der Waals surface area contributed by atoms with Crippen LogP contribution in [0.4, 0.5) is 0 Å². The van der Waals surface area contributed by atoms with Gasteiger partial charge in [-0.1, -0.05) is 61.5 Å². The van der Waals surface area contributed by atoms with E-state index in [4.69, 9.17) is 31.2 Å². The molecule has 5 rings (SSSR count). The zero-order chi connectivity index (χ0) is 28.3. The first-order chi connectivity index (χ1) is 19.4. The zero-order valence-corrected chi connectivity index (χ0v) is 23.3. The molecule has 0 bridgehead atoms. The largest absolute Gasteiger partial charge is 0.497 e. The fourth-order valence-corrected chi connectivity index (χ4v) is 5.52. The first-order valence-electron chi connectivity index (χ1n) is 13.0. The van der Waals surface area contributed by atoms with Gasteiger partial charge >= 0.3 is 0 Å². The summed E-state index contributed by atoms with van der Waals surface area (Å²) in [5, 5.41) is 11.2. The lowest BCUT2D eigenvalue weighted by molar-refractivity contribution is -0.0945. The lowest BCUT2D eigenvalue weighted by atomic mass is 9.80. The van der Waals surface area contributed by atoms with Crippen LogP contribution >= 0.6 is 12.2 Å². The molecular weight excluding hydrogens is 528 g/mol. The number of aliphatic hydroxyl groups excluding tert-OH is 1. The van der Waals surface area contributed by atoms with Crippen molar-refractivity contribution >= 4 is 12.2 Å². The van der Waals surface area contributed by atoms with E-state index in [1.807, 2.05) is 85.8 Å². The second-order valence-electron chi connectivity index (χ2n) is 9.75. The topological polar surface area (TPSA) is 94.9 Å². The quantitative estimate of drug-likeness (QED) is 0.224. The van der Waals surface area contributed by atoms with E-state index in [-0.39, 0.29) is 22.9 Å². The molecule has 1 aromatic heterocycles. The number of benzene rings is 3. The number of aromatic nitrogens is 2.